The first-order valence-electron chi connectivity index (χ1n) is 6.92. The third-order valence-corrected chi connectivity index (χ3v) is 3.42. The molecule has 1 aromatic carbocycles. The van der Waals surface area contributed by atoms with Gasteiger partial charge in [0.05, 0.1) is 6.61 Å². The molecule has 0 heterocycles. The van der Waals surface area contributed by atoms with Crippen molar-refractivity contribution in [3.63, 3.8) is 0 Å². The summed E-state index contributed by atoms with van der Waals surface area (Å²) in [4.78, 5) is 11.7. The molecule has 1 aliphatic carbocycles. The molecule has 4 nitrogen and oxygen atoms in total. The van der Waals surface area contributed by atoms with Crippen molar-refractivity contribution in [1.82, 2.24) is 0 Å². The molecule has 1 fully saturated rings. The number of anilines is 1. The summed E-state index contributed by atoms with van der Waals surface area (Å²) in [5, 5.41) is 13.2. The maximum atomic E-state index is 11.7. The average molecular weight is 262 g/mol. The van der Waals surface area contributed by atoms with Crippen LogP contribution in [-0.4, -0.2) is 18.8 Å². The van der Waals surface area contributed by atoms with E-state index in [1.54, 1.807) is 12.1 Å². The van der Waals surface area contributed by atoms with Crippen LogP contribution in [0.25, 0.3) is 0 Å². The Bertz CT molecular complexity index is 396. The van der Waals surface area contributed by atoms with Gasteiger partial charge in [0.2, 0.25) is 0 Å². The highest BCUT2D eigenvalue weighted by molar-refractivity contribution is 5.84. The molecular formula is C15H20NO3. The van der Waals surface area contributed by atoms with Crippen LogP contribution in [0.5, 0.6) is 0 Å². The zero-order chi connectivity index (χ0) is 13.5. The Morgan fingerprint density at radius 1 is 1.16 bits per heavy atom. The molecule has 103 valence electrons. The molecule has 0 atom stereocenters. The van der Waals surface area contributed by atoms with Crippen molar-refractivity contribution in [2.45, 2.75) is 44.6 Å². The standard InChI is InChI=1S/C15H20NO3/c17-11-10-12-6-8-13(9-7-12)16-15(18)19-14-4-2-1-3-5-14/h6-9,14H,1-5,10-11H2,(H,16,18). The van der Waals surface area contributed by atoms with Crippen LogP contribution >= 0.6 is 0 Å². The zero-order valence-corrected chi connectivity index (χ0v) is 11.1. The summed E-state index contributed by atoms with van der Waals surface area (Å²) in [7, 11) is 0. The molecule has 4 heteroatoms. The van der Waals surface area contributed by atoms with Gasteiger partial charge >= 0.3 is 6.09 Å². The van der Waals surface area contributed by atoms with Crippen LogP contribution in [0.2, 0.25) is 0 Å². The summed E-state index contributed by atoms with van der Waals surface area (Å²) in [6, 6.07) is 7.31. The number of rotatable bonds is 4. The summed E-state index contributed by atoms with van der Waals surface area (Å²) in [6.07, 6.45) is 5.65. The van der Waals surface area contributed by atoms with Gasteiger partial charge in [0.25, 0.3) is 0 Å². The van der Waals surface area contributed by atoms with Crippen molar-refractivity contribution in [3.8, 4) is 0 Å². The number of carbonyl (C=O) groups is 1. The molecule has 2 rings (SSSR count). The molecule has 1 radical (unpaired) electrons. The SMILES string of the molecule is [O]CCc1ccc(NC(=O)OC2CCCCC2)cc1. The molecule has 0 spiro atoms. The number of hydrogen-bond acceptors (Lipinski definition) is 2. The molecule has 19 heavy (non-hydrogen) atoms. The number of nitrogens with one attached hydrogen (secondary N) is 1. The van der Waals surface area contributed by atoms with E-state index in [0.717, 1.165) is 31.2 Å². The molecule has 0 unspecified atom stereocenters. The summed E-state index contributed by atoms with van der Waals surface area (Å²) < 4.78 is 5.37. The predicted molar refractivity (Wildman–Crippen MR) is 72.7 cm³/mol. The fourth-order valence-electron chi connectivity index (χ4n) is 2.35. The van der Waals surface area contributed by atoms with Gasteiger partial charge in [0, 0.05) is 5.69 Å². The van der Waals surface area contributed by atoms with Crippen LogP contribution in [0.1, 0.15) is 37.7 Å². The van der Waals surface area contributed by atoms with E-state index in [2.05, 4.69) is 5.32 Å². The van der Waals surface area contributed by atoms with Gasteiger partial charge in [-0.3, -0.25) is 5.32 Å². The minimum Gasteiger partial charge on any atom is -0.446 e. The van der Waals surface area contributed by atoms with Gasteiger partial charge in [-0.25, -0.2) is 9.90 Å². The van der Waals surface area contributed by atoms with Crippen molar-refractivity contribution in [3.05, 3.63) is 29.8 Å². The third kappa shape index (κ3) is 4.56. The van der Waals surface area contributed by atoms with E-state index < -0.39 is 0 Å². The Morgan fingerprint density at radius 2 is 1.84 bits per heavy atom. The maximum Gasteiger partial charge on any atom is 0.411 e. The minimum absolute atomic E-state index is 0.0634. The van der Waals surface area contributed by atoms with Crippen molar-refractivity contribution in [2.24, 2.45) is 0 Å². The van der Waals surface area contributed by atoms with Crippen LogP contribution in [0.15, 0.2) is 24.3 Å². The second-order valence-electron chi connectivity index (χ2n) is 4.94. The Kier molecular flexibility index (Phi) is 5.21. The van der Waals surface area contributed by atoms with Crippen molar-refractivity contribution >= 4 is 11.8 Å². The van der Waals surface area contributed by atoms with E-state index in [0.29, 0.717) is 12.1 Å². The summed E-state index contributed by atoms with van der Waals surface area (Å²) >= 11 is 0. The molecule has 0 bridgehead atoms. The first-order valence-corrected chi connectivity index (χ1v) is 6.92. The maximum absolute atomic E-state index is 11.7. The third-order valence-electron chi connectivity index (χ3n) is 3.42. The lowest BCUT2D eigenvalue weighted by molar-refractivity contribution is 0.0865. The second kappa shape index (κ2) is 7.14. The molecule has 1 amide bonds. The van der Waals surface area contributed by atoms with E-state index in [1.165, 1.54) is 6.42 Å². The summed E-state index contributed by atoms with van der Waals surface area (Å²) in [6.45, 7) is -0.115. The number of hydrogen-bond donors (Lipinski definition) is 1. The predicted octanol–water partition coefficient (Wildman–Crippen LogP) is 3.54. The van der Waals surface area contributed by atoms with Gasteiger partial charge in [-0.15, -0.1) is 0 Å². The topological polar surface area (TPSA) is 58.2 Å². The Balaban J connectivity index is 1.80. The molecule has 0 aliphatic heterocycles. The minimum atomic E-state index is -0.386. The van der Waals surface area contributed by atoms with E-state index in [-0.39, 0.29) is 18.8 Å². The monoisotopic (exact) mass is 262 g/mol. The Morgan fingerprint density at radius 3 is 2.47 bits per heavy atom. The second-order valence-corrected chi connectivity index (χ2v) is 4.94. The van der Waals surface area contributed by atoms with Gasteiger partial charge in [-0.2, -0.15) is 0 Å². The van der Waals surface area contributed by atoms with Crippen molar-refractivity contribution in [1.29, 1.82) is 0 Å². The molecule has 1 aromatic rings. The highest BCUT2D eigenvalue weighted by atomic mass is 16.6. The lowest BCUT2D eigenvalue weighted by atomic mass is 9.98. The largest absolute Gasteiger partial charge is 0.446 e. The molecule has 1 saturated carbocycles. The highest BCUT2D eigenvalue weighted by Crippen LogP contribution is 2.21. The molecule has 0 aromatic heterocycles. The van der Waals surface area contributed by atoms with E-state index in [4.69, 9.17) is 4.74 Å². The average Bonchev–Trinajstić information content (AvgIpc) is 2.42. The Hall–Kier alpha value is -1.55. The lowest BCUT2D eigenvalue weighted by Crippen LogP contribution is -2.24. The molecule has 1 N–H and O–H groups in total. The summed E-state index contributed by atoms with van der Waals surface area (Å²) in [5.74, 6) is 0. The number of benzene rings is 1. The zero-order valence-electron chi connectivity index (χ0n) is 11.1. The van der Waals surface area contributed by atoms with Crippen LogP contribution < -0.4 is 5.32 Å². The number of carbonyl (C=O) groups excluding carboxylic acids is 1. The number of amides is 1. The number of ether oxygens (including phenoxy) is 1. The smallest absolute Gasteiger partial charge is 0.411 e. The highest BCUT2D eigenvalue weighted by Gasteiger charge is 2.17. The van der Waals surface area contributed by atoms with E-state index in [1.807, 2.05) is 12.1 Å². The van der Waals surface area contributed by atoms with Crippen LogP contribution in [0.4, 0.5) is 10.5 Å². The quantitative estimate of drug-likeness (QED) is 0.902. The fourth-order valence-corrected chi connectivity index (χ4v) is 2.35. The molecule has 1 aliphatic rings. The summed E-state index contributed by atoms with van der Waals surface area (Å²) in [5.41, 5.74) is 1.69. The Labute approximate surface area is 113 Å². The van der Waals surface area contributed by atoms with E-state index in [9.17, 15) is 9.90 Å². The van der Waals surface area contributed by atoms with Gasteiger partial charge < -0.3 is 4.74 Å². The van der Waals surface area contributed by atoms with Crippen molar-refractivity contribution < 1.29 is 14.6 Å². The first-order chi connectivity index (χ1) is 9.28. The fraction of sp³-hybridized carbons (Fsp3) is 0.533. The van der Waals surface area contributed by atoms with Gasteiger partial charge in [0.1, 0.15) is 6.10 Å². The normalized spacial score (nSPS) is 16.1. The molecular weight excluding hydrogens is 242 g/mol. The van der Waals surface area contributed by atoms with Crippen LogP contribution in [-0.2, 0) is 16.3 Å². The van der Waals surface area contributed by atoms with Gasteiger partial charge in [-0.1, -0.05) is 18.6 Å². The lowest BCUT2D eigenvalue weighted by Gasteiger charge is -2.21. The van der Waals surface area contributed by atoms with E-state index >= 15 is 0 Å². The van der Waals surface area contributed by atoms with Crippen LogP contribution in [0, 0.1) is 0 Å². The van der Waals surface area contributed by atoms with Crippen molar-refractivity contribution in [2.75, 3.05) is 11.9 Å². The van der Waals surface area contributed by atoms with Gasteiger partial charge in [-0.05, 0) is 49.8 Å². The molecule has 0 saturated heterocycles. The van der Waals surface area contributed by atoms with Crippen LogP contribution in [0.3, 0.4) is 0 Å². The van der Waals surface area contributed by atoms with Gasteiger partial charge in [0.15, 0.2) is 0 Å². The first kappa shape index (κ1) is 13.9.